The molecule has 0 aliphatic heterocycles. The molecule has 2 aromatic rings. The van der Waals surface area contributed by atoms with Gasteiger partial charge in [-0.1, -0.05) is 48.5 Å². The van der Waals surface area contributed by atoms with Crippen LogP contribution in [-0.2, 0) is 17.5 Å². The van der Waals surface area contributed by atoms with Crippen LogP contribution in [0.4, 0.5) is 13.2 Å². The maximum Gasteiger partial charge on any atom is 0.416 e. The van der Waals surface area contributed by atoms with Gasteiger partial charge in [0.1, 0.15) is 6.04 Å². The summed E-state index contributed by atoms with van der Waals surface area (Å²) < 4.78 is 38.0. The Labute approximate surface area is 125 Å². The van der Waals surface area contributed by atoms with Crippen LogP contribution in [0.15, 0.2) is 54.6 Å². The topological polar surface area (TPSA) is 55.1 Å². The van der Waals surface area contributed by atoms with E-state index in [9.17, 15) is 18.0 Å². The van der Waals surface area contributed by atoms with E-state index in [-0.39, 0.29) is 6.54 Å². The van der Waals surface area contributed by atoms with E-state index in [0.29, 0.717) is 11.1 Å². The van der Waals surface area contributed by atoms with Crippen LogP contribution in [-0.4, -0.2) is 5.91 Å². The van der Waals surface area contributed by atoms with Crippen molar-refractivity contribution in [2.45, 2.75) is 18.8 Å². The highest BCUT2D eigenvalue weighted by molar-refractivity contribution is 5.81. The minimum Gasteiger partial charge on any atom is -0.368 e. The lowest BCUT2D eigenvalue weighted by atomic mass is 10.1. The molecule has 22 heavy (non-hydrogen) atoms. The van der Waals surface area contributed by atoms with E-state index >= 15 is 0 Å². The molecule has 3 nitrogen and oxygen atoms in total. The summed E-state index contributed by atoms with van der Waals surface area (Å²) in [4.78, 5) is 11.5. The summed E-state index contributed by atoms with van der Waals surface area (Å²) in [7, 11) is 0. The molecule has 0 saturated heterocycles. The molecule has 1 unspecified atom stereocenters. The molecular formula is C16H15F3N2O. The Bertz CT molecular complexity index is 641. The fourth-order valence-corrected chi connectivity index (χ4v) is 2.11. The third kappa shape index (κ3) is 4.08. The quantitative estimate of drug-likeness (QED) is 0.892. The molecule has 0 bridgehead atoms. The van der Waals surface area contributed by atoms with Gasteiger partial charge >= 0.3 is 6.18 Å². The summed E-state index contributed by atoms with van der Waals surface area (Å²) in [6, 6.07) is 13.0. The number of carbonyl (C=O) groups excluding carboxylic acids is 1. The molecule has 1 amide bonds. The zero-order valence-electron chi connectivity index (χ0n) is 11.6. The van der Waals surface area contributed by atoms with Crippen LogP contribution in [0.5, 0.6) is 0 Å². The summed E-state index contributed by atoms with van der Waals surface area (Å²) in [5.74, 6) is -0.585. The lowest BCUT2D eigenvalue weighted by Gasteiger charge is -2.16. The van der Waals surface area contributed by atoms with Crippen molar-refractivity contribution in [2.24, 2.45) is 5.73 Å². The number of nitrogens with one attached hydrogen (secondary N) is 1. The number of amides is 1. The first kappa shape index (κ1) is 16.0. The first-order valence-corrected chi connectivity index (χ1v) is 6.61. The van der Waals surface area contributed by atoms with Crippen molar-refractivity contribution in [3.8, 4) is 0 Å². The Balaban J connectivity index is 2.12. The van der Waals surface area contributed by atoms with Crippen molar-refractivity contribution in [3.05, 3.63) is 71.3 Å². The van der Waals surface area contributed by atoms with Crippen LogP contribution in [0.1, 0.15) is 22.7 Å². The van der Waals surface area contributed by atoms with Gasteiger partial charge in [-0.05, 0) is 17.2 Å². The number of alkyl halides is 3. The number of nitrogens with two attached hydrogens (primary N) is 1. The maximum absolute atomic E-state index is 12.7. The van der Waals surface area contributed by atoms with Gasteiger partial charge in [0, 0.05) is 6.54 Å². The van der Waals surface area contributed by atoms with E-state index in [1.165, 1.54) is 6.07 Å². The minimum absolute atomic E-state index is 0.104. The van der Waals surface area contributed by atoms with Crippen molar-refractivity contribution in [2.75, 3.05) is 0 Å². The van der Waals surface area contributed by atoms with Gasteiger partial charge in [-0.2, -0.15) is 13.2 Å². The smallest absolute Gasteiger partial charge is 0.368 e. The Hall–Kier alpha value is -2.34. The molecule has 2 rings (SSSR count). The first-order chi connectivity index (χ1) is 10.4. The van der Waals surface area contributed by atoms with Gasteiger partial charge < -0.3 is 5.73 Å². The molecule has 0 fully saturated rings. The molecular weight excluding hydrogens is 293 g/mol. The monoisotopic (exact) mass is 308 g/mol. The second-order valence-electron chi connectivity index (χ2n) is 4.83. The molecule has 0 aliphatic carbocycles. The number of primary amides is 1. The van der Waals surface area contributed by atoms with Crippen molar-refractivity contribution < 1.29 is 18.0 Å². The molecule has 1 atom stereocenters. The average Bonchev–Trinajstić information content (AvgIpc) is 2.48. The van der Waals surface area contributed by atoms with Gasteiger partial charge in [0.05, 0.1) is 5.56 Å². The third-order valence-electron chi connectivity index (χ3n) is 3.18. The predicted octanol–water partition coefficient (Wildman–Crippen LogP) is 3.02. The lowest BCUT2D eigenvalue weighted by molar-refractivity contribution is -0.137. The van der Waals surface area contributed by atoms with E-state index in [0.717, 1.165) is 12.1 Å². The summed E-state index contributed by atoms with van der Waals surface area (Å²) in [5.41, 5.74) is 5.73. The van der Waals surface area contributed by atoms with Crippen LogP contribution in [0.25, 0.3) is 0 Å². The second-order valence-corrected chi connectivity index (χ2v) is 4.83. The molecule has 6 heteroatoms. The van der Waals surface area contributed by atoms with Gasteiger partial charge in [0.15, 0.2) is 0 Å². The Morgan fingerprint density at radius 1 is 1.09 bits per heavy atom. The normalized spacial score (nSPS) is 12.9. The Kier molecular flexibility index (Phi) is 4.82. The number of benzene rings is 2. The summed E-state index contributed by atoms with van der Waals surface area (Å²) in [5, 5.41) is 2.89. The standard InChI is InChI=1S/C16H15F3N2O/c17-16(18,19)13-8-4-5-11(9-13)10-21-14(15(20)22)12-6-2-1-3-7-12/h1-9,14,21H,10H2,(H2,20,22). The number of halogens is 3. The summed E-state index contributed by atoms with van der Waals surface area (Å²) >= 11 is 0. The lowest BCUT2D eigenvalue weighted by Crippen LogP contribution is -2.33. The Morgan fingerprint density at radius 3 is 2.36 bits per heavy atom. The van der Waals surface area contributed by atoms with Crippen molar-refractivity contribution >= 4 is 5.91 Å². The van der Waals surface area contributed by atoms with E-state index < -0.39 is 23.7 Å². The van der Waals surface area contributed by atoms with Gasteiger partial charge in [-0.15, -0.1) is 0 Å². The number of rotatable bonds is 5. The van der Waals surface area contributed by atoms with Crippen molar-refractivity contribution in [1.82, 2.24) is 5.32 Å². The molecule has 3 N–H and O–H groups in total. The average molecular weight is 308 g/mol. The number of hydrogen-bond donors (Lipinski definition) is 2. The van der Waals surface area contributed by atoms with Gasteiger partial charge in [-0.3, -0.25) is 10.1 Å². The predicted molar refractivity (Wildman–Crippen MR) is 76.7 cm³/mol. The molecule has 0 aromatic heterocycles. The highest BCUT2D eigenvalue weighted by Crippen LogP contribution is 2.29. The Morgan fingerprint density at radius 2 is 1.77 bits per heavy atom. The van der Waals surface area contributed by atoms with Crippen LogP contribution in [0.3, 0.4) is 0 Å². The van der Waals surface area contributed by atoms with Gasteiger partial charge in [0.25, 0.3) is 0 Å². The van der Waals surface area contributed by atoms with E-state index in [1.807, 2.05) is 0 Å². The summed E-state index contributed by atoms with van der Waals surface area (Å²) in [6.07, 6.45) is -4.39. The van der Waals surface area contributed by atoms with Crippen molar-refractivity contribution in [3.63, 3.8) is 0 Å². The highest BCUT2D eigenvalue weighted by atomic mass is 19.4. The number of hydrogen-bond acceptors (Lipinski definition) is 2. The fourth-order valence-electron chi connectivity index (χ4n) is 2.11. The first-order valence-electron chi connectivity index (χ1n) is 6.61. The summed E-state index contributed by atoms with van der Waals surface area (Å²) in [6.45, 7) is 0.104. The molecule has 0 radical (unpaired) electrons. The third-order valence-corrected chi connectivity index (χ3v) is 3.18. The van der Waals surface area contributed by atoms with Gasteiger partial charge in [-0.25, -0.2) is 0 Å². The van der Waals surface area contributed by atoms with Crippen LogP contribution in [0, 0.1) is 0 Å². The number of carbonyl (C=O) groups is 1. The van der Waals surface area contributed by atoms with Gasteiger partial charge in [0.2, 0.25) is 5.91 Å². The molecule has 0 saturated carbocycles. The minimum atomic E-state index is -4.39. The van der Waals surface area contributed by atoms with Crippen LogP contribution in [0.2, 0.25) is 0 Å². The van der Waals surface area contributed by atoms with Crippen molar-refractivity contribution in [1.29, 1.82) is 0 Å². The molecule has 2 aromatic carbocycles. The fraction of sp³-hybridized carbons (Fsp3) is 0.188. The SMILES string of the molecule is NC(=O)C(NCc1cccc(C(F)(F)F)c1)c1ccccc1. The van der Waals surface area contributed by atoms with E-state index in [1.54, 1.807) is 36.4 Å². The van der Waals surface area contributed by atoms with E-state index in [4.69, 9.17) is 5.73 Å². The largest absolute Gasteiger partial charge is 0.416 e. The molecule has 0 aliphatic rings. The van der Waals surface area contributed by atoms with Crippen LogP contribution >= 0.6 is 0 Å². The zero-order chi connectivity index (χ0) is 16.2. The molecule has 0 heterocycles. The zero-order valence-corrected chi connectivity index (χ0v) is 11.6. The molecule has 0 spiro atoms. The maximum atomic E-state index is 12.7. The van der Waals surface area contributed by atoms with E-state index in [2.05, 4.69) is 5.32 Å². The highest BCUT2D eigenvalue weighted by Gasteiger charge is 2.30. The molecule has 116 valence electrons. The van der Waals surface area contributed by atoms with Crippen LogP contribution < -0.4 is 11.1 Å². The second kappa shape index (κ2) is 6.62.